The Labute approximate surface area is 109 Å². The van der Waals surface area contributed by atoms with E-state index in [1.807, 2.05) is 6.92 Å². The lowest BCUT2D eigenvalue weighted by molar-refractivity contribution is -0.0842. The van der Waals surface area contributed by atoms with Crippen LogP contribution in [0.15, 0.2) is 0 Å². The second-order valence-electron chi connectivity index (χ2n) is 6.14. The molecule has 2 aliphatic rings. The molecule has 2 rings (SSSR count). The van der Waals surface area contributed by atoms with Crippen molar-refractivity contribution in [1.29, 1.82) is 0 Å². The molecule has 2 saturated carbocycles. The number of alkyl halides is 2. The smallest absolute Gasteiger partial charge is 0.157 e. The number of halogens is 2. The first-order chi connectivity index (χ1) is 8.63. The molecule has 0 N–H and O–H groups in total. The van der Waals surface area contributed by atoms with Crippen LogP contribution in [0.3, 0.4) is 0 Å². The lowest BCUT2D eigenvalue weighted by Gasteiger charge is -2.40. The van der Waals surface area contributed by atoms with Gasteiger partial charge in [-0.2, -0.15) is 0 Å². The summed E-state index contributed by atoms with van der Waals surface area (Å²) in [6, 6.07) is 0. The molecule has 18 heavy (non-hydrogen) atoms. The molecule has 0 saturated heterocycles. The van der Waals surface area contributed by atoms with E-state index < -0.39 is 18.4 Å². The van der Waals surface area contributed by atoms with Gasteiger partial charge in [-0.05, 0) is 50.4 Å². The molecule has 3 heteroatoms. The quantitative estimate of drug-likeness (QED) is 0.735. The predicted octanol–water partition coefficient (Wildman–Crippen LogP) is 4.30. The first-order valence-corrected chi connectivity index (χ1v) is 7.53. The Morgan fingerprint density at radius 2 is 1.61 bits per heavy atom. The standard InChI is InChI=1S/C15H26F2O/c1-3-18-13-9-8-12(14(16)15(13)17)11-6-4-10(2)5-7-11/h10-15H,3-9H2,1-2H3. The minimum atomic E-state index is -1.41. The van der Waals surface area contributed by atoms with Gasteiger partial charge in [-0.25, -0.2) is 8.78 Å². The zero-order valence-corrected chi connectivity index (χ0v) is 11.6. The normalized spacial score (nSPS) is 46.0. The van der Waals surface area contributed by atoms with Crippen LogP contribution in [0.1, 0.15) is 52.4 Å². The van der Waals surface area contributed by atoms with Gasteiger partial charge in [0.05, 0.1) is 6.10 Å². The average Bonchev–Trinajstić information content (AvgIpc) is 2.37. The van der Waals surface area contributed by atoms with Crippen molar-refractivity contribution >= 4 is 0 Å². The zero-order chi connectivity index (χ0) is 13.1. The maximum absolute atomic E-state index is 14.2. The fourth-order valence-electron chi connectivity index (χ4n) is 3.72. The van der Waals surface area contributed by atoms with E-state index in [4.69, 9.17) is 4.74 Å². The van der Waals surface area contributed by atoms with E-state index in [9.17, 15) is 8.78 Å². The van der Waals surface area contributed by atoms with E-state index in [-0.39, 0.29) is 5.92 Å². The highest BCUT2D eigenvalue weighted by molar-refractivity contribution is 4.92. The molecule has 0 heterocycles. The molecule has 106 valence electrons. The van der Waals surface area contributed by atoms with Crippen molar-refractivity contribution in [3.8, 4) is 0 Å². The molecule has 0 spiro atoms. The van der Waals surface area contributed by atoms with Crippen molar-refractivity contribution in [2.75, 3.05) is 6.61 Å². The molecule has 0 aromatic rings. The van der Waals surface area contributed by atoms with Crippen molar-refractivity contribution in [2.24, 2.45) is 17.8 Å². The Balaban J connectivity index is 1.91. The highest BCUT2D eigenvalue weighted by Crippen LogP contribution is 2.42. The highest BCUT2D eigenvalue weighted by Gasteiger charge is 2.44. The Hall–Kier alpha value is -0.180. The Morgan fingerprint density at radius 1 is 0.944 bits per heavy atom. The SMILES string of the molecule is CCOC1CCC(C2CCC(C)CC2)C(F)C1F. The summed E-state index contributed by atoms with van der Waals surface area (Å²) in [6.07, 6.45) is 2.77. The van der Waals surface area contributed by atoms with E-state index in [1.54, 1.807) is 0 Å². The third-order valence-corrected chi connectivity index (χ3v) is 4.90. The van der Waals surface area contributed by atoms with Crippen LogP contribution in [0.2, 0.25) is 0 Å². The van der Waals surface area contributed by atoms with Gasteiger partial charge in [0.15, 0.2) is 6.17 Å². The summed E-state index contributed by atoms with van der Waals surface area (Å²) in [6.45, 7) is 4.57. The van der Waals surface area contributed by atoms with Crippen molar-refractivity contribution < 1.29 is 13.5 Å². The van der Waals surface area contributed by atoms with Gasteiger partial charge in [-0.15, -0.1) is 0 Å². The summed E-state index contributed by atoms with van der Waals surface area (Å²) in [5, 5.41) is 0. The summed E-state index contributed by atoms with van der Waals surface area (Å²) < 4.78 is 33.6. The summed E-state index contributed by atoms with van der Waals surface area (Å²) in [4.78, 5) is 0. The second kappa shape index (κ2) is 6.31. The maximum atomic E-state index is 14.2. The van der Waals surface area contributed by atoms with Gasteiger partial charge in [0, 0.05) is 6.61 Å². The van der Waals surface area contributed by atoms with E-state index in [0.29, 0.717) is 18.9 Å². The molecule has 2 aliphatic carbocycles. The van der Waals surface area contributed by atoms with Gasteiger partial charge in [-0.1, -0.05) is 19.8 Å². The van der Waals surface area contributed by atoms with Crippen LogP contribution < -0.4 is 0 Å². The molecule has 0 aromatic heterocycles. The first-order valence-electron chi connectivity index (χ1n) is 7.53. The van der Waals surface area contributed by atoms with Crippen molar-refractivity contribution in [1.82, 2.24) is 0 Å². The number of hydrogen-bond acceptors (Lipinski definition) is 1. The van der Waals surface area contributed by atoms with Crippen LogP contribution in [0.25, 0.3) is 0 Å². The molecular weight excluding hydrogens is 234 g/mol. The van der Waals surface area contributed by atoms with Crippen molar-refractivity contribution in [2.45, 2.75) is 70.8 Å². The molecule has 0 radical (unpaired) electrons. The molecule has 2 fully saturated rings. The van der Waals surface area contributed by atoms with Crippen molar-refractivity contribution in [3.05, 3.63) is 0 Å². The van der Waals surface area contributed by atoms with Gasteiger partial charge in [0.1, 0.15) is 6.17 Å². The Morgan fingerprint density at radius 3 is 2.22 bits per heavy atom. The van der Waals surface area contributed by atoms with Gasteiger partial charge >= 0.3 is 0 Å². The first kappa shape index (κ1) is 14.2. The van der Waals surface area contributed by atoms with Crippen molar-refractivity contribution in [3.63, 3.8) is 0 Å². The lowest BCUT2D eigenvalue weighted by Crippen LogP contribution is -2.45. The third kappa shape index (κ3) is 3.04. The monoisotopic (exact) mass is 260 g/mol. The van der Waals surface area contributed by atoms with Crippen LogP contribution in [0.5, 0.6) is 0 Å². The third-order valence-electron chi connectivity index (χ3n) is 4.90. The fraction of sp³-hybridized carbons (Fsp3) is 1.00. The van der Waals surface area contributed by atoms with Gasteiger partial charge in [0.2, 0.25) is 0 Å². The van der Waals surface area contributed by atoms with Gasteiger partial charge < -0.3 is 4.74 Å². The average molecular weight is 260 g/mol. The molecule has 0 amide bonds. The molecule has 0 aromatic carbocycles. The highest BCUT2D eigenvalue weighted by atomic mass is 19.2. The summed E-state index contributed by atoms with van der Waals surface area (Å²) in [7, 11) is 0. The molecule has 0 bridgehead atoms. The Kier molecular flexibility index (Phi) is 4.99. The van der Waals surface area contributed by atoms with E-state index in [2.05, 4.69) is 6.92 Å². The molecular formula is C15H26F2O. The maximum Gasteiger partial charge on any atom is 0.157 e. The number of hydrogen-bond donors (Lipinski definition) is 0. The van der Waals surface area contributed by atoms with Crippen LogP contribution in [-0.2, 0) is 4.74 Å². The molecule has 4 atom stereocenters. The summed E-state index contributed by atoms with van der Waals surface area (Å²) in [5.74, 6) is 1.10. The Bertz CT molecular complexity index is 251. The predicted molar refractivity (Wildman–Crippen MR) is 69.1 cm³/mol. The topological polar surface area (TPSA) is 9.23 Å². The molecule has 1 nitrogen and oxygen atoms in total. The summed E-state index contributed by atoms with van der Waals surface area (Å²) in [5.41, 5.74) is 0. The minimum absolute atomic E-state index is 0.0655. The van der Waals surface area contributed by atoms with Gasteiger partial charge in [-0.3, -0.25) is 0 Å². The second-order valence-corrected chi connectivity index (χ2v) is 6.14. The lowest BCUT2D eigenvalue weighted by atomic mass is 9.69. The van der Waals surface area contributed by atoms with E-state index >= 15 is 0 Å². The fourth-order valence-corrected chi connectivity index (χ4v) is 3.72. The van der Waals surface area contributed by atoms with Crippen LogP contribution in [-0.4, -0.2) is 25.1 Å². The van der Waals surface area contributed by atoms with Gasteiger partial charge in [0.25, 0.3) is 0 Å². The minimum Gasteiger partial charge on any atom is -0.375 e. The zero-order valence-electron chi connectivity index (χ0n) is 11.6. The largest absolute Gasteiger partial charge is 0.375 e. The van der Waals surface area contributed by atoms with Crippen LogP contribution >= 0.6 is 0 Å². The molecule has 0 aliphatic heterocycles. The number of ether oxygens (including phenoxy) is 1. The summed E-state index contributed by atoms with van der Waals surface area (Å²) >= 11 is 0. The number of rotatable bonds is 3. The van der Waals surface area contributed by atoms with E-state index in [0.717, 1.165) is 25.2 Å². The van der Waals surface area contributed by atoms with Crippen LogP contribution in [0, 0.1) is 17.8 Å². The van der Waals surface area contributed by atoms with Crippen LogP contribution in [0.4, 0.5) is 8.78 Å². The van der Waals surface area contributed by atoms with E-state index in [1.165, 1.54) is 12.8 Å². The molecule has 4 unspecified atom stereocenters.